The van der Waals surface area contributed by atoms with E-state index in [0.717, 1.165) is 16.7 Å². The molecule has 1 heterocycles. The van der Waals surface area contributed by atoms with E-state index in [9.17, 15) is 9.90 Å². The Hall–Kier alpha value is -4.32. The van der Waals surface area contributed by atoms with E-state index in [1.54, 1.807) is 25.3 Å². The number of aromatic nitrogens is 1. The van der Waals surface area contributed by atoms with E-state index < -0.39 is 5.97 Å². The summed E-state index contributed by atoms with van der Waals surface area (Å²) in [5.74, 6) is 0.832. The summed E-state index contributed by atoms with van der Waals surface area (Å²) in [7, 11) is 1.59. The van der Waals surface area contributed by atoms with E-state index in [-0.39, 0.29) is 12.2 Å². The molecule has 34 heavy (non-hydrogen) atoms. The van der Waals surface area contributed by atoms with Crippen molar-refractivity contribution in [2.24, 2.45) is 0 Å². The fourth-order valence-electron chi connectivity index (χ4n) is 3.51. The number of nitrogens with zero attached hydrogens (tertiary/aromatic N) is 1. The highest BCUT2D eigenvalue weighted by Gasteiger charge is 2.17. The predicted octanol–water partition coefficient (Wildman–Crippen LogP) is 5.92. The minimum absolute atomic E-state index is 0.0231. The molecule has 6 heteroatoms. The van der Waals surface area contributed by atoms with Gasteiger partial charge in [-0.3, -0.25) is 0 Å². The van der Waals surface area contributed by atoms with E-state index in [1.165, 1.54) is 0 Å². The van der Waals surface area contributed by atoms with Gasteiger partial charge >= 0.3 is 5.97 Å². The number of ether oxygens (including phenoxy) is 3. The van der Waals surface area contributed by atoms with Gasteiger partial charge in [0.1, 0.15) is 30.5 Å². The lowest BCUT2D eigenvalue weighted by Gasteiger charge is -2.15. The topological polar surface area (TPSA) is 77.9 Å². The smallest absolute Gasteiger partial charge is 0.337 e. The van der Waals surface area contributed by atoms with Crippen molar-refractivity contribution in [3.05, 3.63) is 107 Å². The molecule has 0 unspecified atom stereocenters. The standard InChI is InChI=1S/C28H25NO5/c1-19-7-6-10-22(15-19)33-18-26-24(28(30)31)13-14-25(29-26)23-12-11-21(32-2)16-27(23)34-17-20-8-4-3-5-9-20/h3-16H,17-18H2,1-2H3,(H,30,31). The number of carboxylic acid groups (broad SMARTS) is 1. The summed E-state index contributed by atoms with van der Waals surface area (Å²) in [6.45, 7) is 2.36. The van der Waals surface area contributed by atoms with Crippen LogP contribution in [0.5, 0.6) is 17.2 Å². The molecular weight excluding hydrogens is 430 g/mol. The number of pyridine rings is 1. The summed E-state index contributed by atoms with van der Waals surface area (Å²) in [5.41, 5.74) is 3.81. The number of aryl methyl sites for hydroxylation is 1. The number of rotatable bonds is 9. The minimum Gasteiger partial charge on any atom is -0.497 e. The number of carboxylic acids is 1. The van der Waals surface area contributed by atoms with Gasteiger partial charge in [0, 0.05) is 11.6 Å². The van der Waals surface area contributed by atoms with Gasteiger partial charge in [-0.25, -0.2) is 9.78 Å². The van der Waals surface area contributed by atoms with Crippen molar-refractivity contribution >= 4 is 5.97 Å². The molecule has 0 bridgehead atoms. The quantitative estimate of drug-likeness (QED) is 0.337. The molecule has 6 nitrogen and oxygen atoms in total. The van der Waals surface area contributed by atoms with Crippen LogP contribution in [0, 0.1) is 6.92 Å². The zero-order chi connectivity index (χ0) is 23.9. The molecule has 0 radical (unpaired) electrons. The SMILES string of the molecule is COc1ccc(-c2ccc(C(=O)O)c(COc3cccc(C)c3)n2)c(OCc2ccccc2)c1. The fraction of sp³-hybridized carbons (Fsp3) is 0.143. The Kier molecular flexibility index (Phi) is 7.08. The van der Waals surface area contributed by atoms with Gasteiger partial charge in [-0.05, 0) is 54.4 Å². The molecule has 1 N–H and O–H groups in total. The van der Waals surface area contributed by atoms with Crippen LogP contribution in [0.25, 0.3) is 11.3 Å². The Bertz CT molecular complexity index is 1290. The van der Waals surface area contributed by atoms with Gasteiger partial charge in [-0.1, -0.05) is 42.5 Å². The fourth-order valence-corrected chi connectivity index (χ4v) is 3.51. The van der Waals surface area contributed by atoms with E-state index in [1.807, 2.05) is 73.7 Å². The molecule has 0 saturated heterocycles. The first kappa shape index (κ1) is 22.9. The first-order valence-electron chi connectivity index (χ1n) is 10.8. The predicted molar refractivity (Wildman–Crippen MR) is 129 cm³/mol. The van der Waals surface area contributed by atoms with Crippen molar-refractivity contribution < 1.29 is 24.1 Å². The maximum absolute atomic E-state index is 11.8. The summed E-state index contributed by atoms with van der Waals surface area (Å²) in [5, 5.41) is 9.66. The van der Waals surface area contributed by atoms with Crippen molar-refractivity contribution in [1.82, 2.24) is 4.98 Å². The monoisotopic (exact) mass is 455 g/mol. The first-order valence-corrected chi connectivity index (χ1v) is 10.8. The molecule has 3 aromatic carbocycles. The molecule has 0 atom stereocenters. The molecule has 0 amide bonds. The van der Waals surface area contributed by atoms with Crippen LogP contribution in [0.2, 0.25) is 0 Å². The van der Waals surface area contributed by atoms with Crippen LogP contribution < -0.4 is 14.2 Å². The highest BCUT2D eigenvalue weighted by molar-refractivity contribution is 5.89. The van der Waals surface area contributed by atoms with Crippen LogP contribution >= 0.6 is 0 Å². The lowest BCUT2D eigenvalue weighted by Crippen LogP contribution is -2.09. The lowest BCUT2D eigenvalue weighted by atomic mass is 10.1. The first-order chi connectivity index (χ1) is 16.5. The van der Waals surface area contributed by atoms with E-state index >= 15 is 0 Å². The zero-order valence-corrected chi connectivity index (χ0v) is 19.0. The molecule has 172 valence electrons. The molecule has 4 rings (SSSR count). The molecule has 0 spiro atoms. The van der Waals surface area contributed by atoms with Crippen molar-refractivity contribution in [1.29, 1.82) is 0 Å². The van der Waals surface area contributed by atoms with E-state index in [2.05, 4.69) is 4.98 Å². The largest absolute Gasteiger partial charge is 0.497 e. The van der Waals surface area contributed by atoms with Gasteiger partial charge in [-0.2, -0.15) is 0 Å². The highest BCUT2D eigenvalue weighted by atomic mass is 16.5. The van der Waals surface area contributed by atoms with Gasteiger partial charge in [0.2, 0.25) is 0 Å². The van der Waals surface area contributed by atoms with Crippen LogP contribution in [0.4, 0.5) is 0 Å². The molecule has 1 aromatic heterocycles. The summed E-state index contributed by atoms with van der Waals surface area (Å²) >= 11 is 0. The maximum atomic E-state index is 11.8. The minimum atomic E-state index is -1.06. The summed E-state index contributed by atoms with van der Waals surface area (Å²) < 4.78 is 17.3. The molecule has 4 aromatic rings. The molecule has 0 saturated carbocycles. The third-order valence-corrected chi connectivity index (χ3v) is 5.27. The Balaban J connectivity index is 1.66. The zero-order valence-electron chi connectivity index (χ0n) is 19.0. The molecule has 0 aliphatic rings. The van der Waals surface area contributed by atoms with Crippen molar-refractivity contribution in [2.45, 2.75) is 20.1 Å². The number of hydrogen-bond acceptors (Lipinski definition) is 5. The average molecular weight is 456 g/mol. The Morgan fingerprint density at radius 3 is 2.41 bits per heavy atom. The molecular formula is C28H25NO5. The molecule has 0 aliphatic heterocycles. The van der Waals surface area contributed by atoms with Crippen LogP contribution in [0.1, 0.15) is 27.2 Å². The third kappa shape index (κ3) is 5.53. The number of hydrogen-bond donors (Lipinski definition) is 1. The number of carbonyl (C=O) groups is 1. The third-order valence-electron chi connectivity index (χ3n) is 5.27. The summed E-state index contributed by atoms with van der Waals surface area (Å²) in [4.78, 5) is 16.5. The van der Waals surface area contributed by atoms with Gasteiger partial charge in [-0.15, -0.1) is 0 Å². The second-order valence-electron chi connectivity index (χ2n) is 7.74. The van der Waals surface area contributed by atoms with E-state index in [4.69, 9.17) is 14.2 Å². The second-order valence-corrected chi connectivity index (χ2v) is 7.74. The molecule has 0 fully saturated rings. The van der Waals surface area contributed by atoms with Gasteiger partial charge < -0.3 is 19.3 Å². The Morgan fingerprint density at radius 1 is 0.853 bits per heavy atom. The van der Waals surface area contributed by atoms with Crippen molar-refractivity contribution in [3.8, 4) is 28.5 Å². The average Bonchev–Trinajstić information content (AvgIpc) is 2.86. The number of benzene rings is 3. The lowest BCUT2D eigenvalue weighted by molar-refractivity contribution is 0.0693. The summed E-state index contributed by atoms with van der Waals surface area (Å²) in [6, 6.07) is 26.1. The van der Waals surface area contributed by atoms with Crippen LogP contribution in [-0.4, -0.2) is 23.2 Å². The van der Waals surface area contributed by atoms with Crippen LogP contribution in [0.3, 0.4) is 0 Å². The second kappa shape index (κ2) is 10.5. The normalized spacial score (nSPS) is 10.5. The molecule has 0 aliphatic carbocycles. The number of methoxy groups -OCH3 is 1. The summed E-state index contributed by atoms with van der Waals surface area (Å²) in [6.07, 6.45) is 0. The van der Waals surface area contributed by atoms with Crippen molar-refractivity contribution in [3.63, 3.8) is 0 Å². The van der Waals surface area contributed by atoms with Crippen molar-refractivity contribution in [2.75, 3.05) is 7.11 Å². The Labute approximate surface area is 198 Å². The number of aromatic carboxylic acids is 1. The van der Waals surface area contributed by atoms with Gasteiger partial charge in [0.15, 0.2) is 0 Å². The van der Waals surface area contributed by atoms with Gasteiger partial charge in [0.25, 0.3) is 0 Å². The van der Waals surface area contributed by atoms with Crippen LogP contribution in [-0.2, 0) is 13.2 Å². The highest BCUT2D eigenvalue weighted by Crippen LogP contribution is 2.34. The maximum Gasteiger partial charge on any atom is 0.337 e. The van der Waals surface area contributed by atoms with Gasteiger partial charge in [0.05, 0.1) is 24.1 Å². The Morgan fingerprint density at radius 2 is 1.68 bits per heavy atom. The van der Waals surface area contributed by atoms with Crippen LogP contribution in [0.15, 0.2) is 84.9 Å². The van der Waals surface area contributed by atoms with E-state index in [0.29, 0.717) is 35.2 Å².